The van der Waals surface area contributed by atoms with Gasteiger partial charge < -0.3 is 49.3 Å². The van der Waals surface area contributed by atoms with Crippen LogP contribution in [0.1, 0.15) is 271 Å². The van der Waals surface area contributed by atoms with E-state index in [0.717, 1.165) is 80.9 Å². The van der Waals surface area contributed by atoms with Crippen molar-refractivity contribution in [1.29, 1.82) is 0 Å². The molecule has 0 saturated carbocycles. The molecule has 3 aliphatic rings. The summed E-state index contributed by atoms with van der Waals surface area (Å²) in [5.74, 6) is -0.566. The van der Waals surface area contributed by atoms with Crippen molar-refractivity contribution < 1.29 is 62.7 Å². The summed E-state index contributed by atoms with van der Waals surface area (Å²) in [5.41, 5.74) is 2.27. The van der Waals surface area contributed by atoms with Crippen molar-refractivity contribution in [2.75, 3.05) is 26.9 Å². The second-order valence-electron chi connectivity index (χ2n) is 29.3. The number of rotatable bonds is 21. The highest BCUT2D eigenvalue weighted by Gasteiger charge is 2.45. The molecule has 82 heavy (non-hydrogen) atoms. The van der Waals surface area contributed by atoms with Crippen molar-refractivity contribution in [3.63, 3.8) is 0 Å². The number of hydrogen-bond donors (Lipinski definition) is 4. The molecule has 3 saturated heterocycles. The number of aliphatic hydroxyl groups is 1. The lowest BCUT2D eigenvalue weighted by atomic mass is 9.78. The molecule has 0 unspecified atom stereocenters. The van der Waals surface area contributed by atoms with Crippen LogP contribution in [0.3, 0.4) is 0 Å². The summed E-state index contributed by atoms with van der Waals surface area (Å²) in [6, 6.07) is 4.04. The Bertz CT molecular complexity index is 2030. The summed E-state index contributed by atoms with van der Waals surface area (Å²) in [4.78, 5) is 70.4. The molecule has 4 rings (SSSR count). The number of esters is 5. The van der Waals surface area contributed by atoms with Gasteiger partial charge in [0.1, 0.15) is 30.3 Å². The minimum atomic E-state index is -0.413. The van der Waals surface area contributed by atoms with Crippen LogP contribution in [-0.2, 0) is 69.7 Å². The molecule has 474 valence electrons. The average molecular weight is 1160 g/mol. The number of carbonyl (C=O) groups excluding carboxylic acids is 6. The first-order chi connectivity index (χ1) is 37.3. The van der Waals surface area contributed by atoms with E-state index in [0.29, 0.717) is 57.4 Å². The van der Waals surface area contributed by atoms with E-state index in [1.165, 1.54) is 21.0 Å². The standard InChI is InChI=1S/C28H52N2O4.C19H30O3.C16H29NO5.C3H6O/c1-25(2)17-21(18-26(3,4)29-25)33-23(31)15-13-11-9-10-12-14-16-24(32)34-22-19-27(5,6)30-28(7,8)20-22;1-8-22-16(20)10-9-13-11-14(18(2,3)4)17(21)15(12-13)19(5,6)7;1-15(2)10-12(18)11-16(3,4)17(15)8-9-22-14(20)7-6-13(19)21-5;1-3(2)4/h21-22,29-30H,9-20H2,1-8H3;11-12,21H,8-10H2,1-7H3;12,18H,6-11H2,1-5H3;1-2H3. The summed E-state index contributed by atoms with van der Waals surface area (Å²) in [6.45, 7) is 44.4. The fraction of sp³-hybridized carbons (Fsp3) is 0.818. The number of nitrogens with one attached hydrogen (secondary N) is 2. The van der Waals surface area contributed by atoms with Gasteiger partial charge in [-0.25, -0.2) is 0 Å². The number of hydrogen-bond acceptors (Lipinski definition) is 16. The lowest BCUT2D eigenvalue weighted by Gasteiger charge is -2.54. The quantitative estimate of drug-likeness (QED) is 0.0511. The van der Waals surface area contributed by atoms with E-state index in [1.54, 1.807) is 0 Å². The topological polar surface area (TPSA) is 216 Å². The van der Waals surface area contributed by atoms with Crippen molar-refractivity contribution >= 4 is 35.6 Å². The van der Waals surface area contributed by atoms with Crippen molar-refractivity contribution in [2.45, 2.75) is 323 Å². The van der Waals surface area contributed by atoms with Crippen molar-refractivity contribution in [1.82, 2.24) is 15.5 Å². The molecule has 0 bridgehead atoms. The zero-order chi connectivity index (χ0) is 63.3. The fourth-order valence-corrected chi connectivity index (χ4v) is 12.3. The molecule has 3 fully saturated rings. The monoisotopic (exact) mass is 1160 g/mol. The average Bonchev–Trinajstić information content (AvgIpc) is 3.37. The second-order valence-corrected chi connectivity index (χ2v) is 29.3. The Labute approximate surface area is 496 Å². The fourth-order valence-electron chi connectivity index (χ4n) is 12.3. The molecule has 0 radical (unpaired) electrons. The Morgan fingerprint density at radius 3 is 1.26 bits per heavy atom. The molecule has 0 amide bonds. The predicted molar refractivity (Wildman–Crippen MR) is 327 cm³/mol. The Kier molecular flexibility index (Phi) is 30.5. The van der Waals surface area contributed by atoms with Crippen molar-refractivity contribution in [3.8, 4) is 5.75 Å². The van der Waals surface area contributed by atoms with Gasteiger partial charge in [-0.3, -0.25) is 28.9 Å². The van der Waals surface area contributed by atoms with Gasteiger partial charge in [-0.15, -0.1) is 0 Å². The minimum absolute atomic E-state index is 0.000484. The maximum atomic E-state index is 12.3. The molecule has 1 aromatic carbocycles. The number of phenols is 1. The third kappa shape index (κ3) is 30.6. The third-order valence-corrected chi connectivity index (χ3v) is 14.9. The predicted octanol–water partition coefficient (Wildman–Crippen LogP) is 12.4. The first-order valence-corrected chi connectivity index (χ1v) is 30.5. The van der Waals surface area contributed by atoms with Crippen LogP contribution >= 0.6 is 0 Å². The molecule has 0 atom stereocenters. The van der Waals surface area contributed by atoms with Gasteiger partial charge in [0, 0.05) is 84.7 Å². The maximum Gasteiger partial charge on any atom is 0.306 e. The summed E-state index contributed by atoms with van der Waals surface area (Å²) in [7, 11) is 1.29. The summed E-state index contributed by atoms with van der Waals surface area (Å²) in [6.07, 6.45) is 12.6. The number of ketones is 1. The Hall–Kier alpha value is -4.12. The number of Topliss-reactive ketones (excluding diaryl/α,β-unsaturated/α-hetero) is 1. The van der Waals surface area contributed by atoms with E-state index in [4.69, 9.17) is 18.9 Å². The van der Waals surface area contributed by atoms with Crippen LogP contribution in [0.25, 0.3) is 0 Å². The number of carbonyl (C=O) groups is 6. The van der Waals surface area contributed by atoms with Crippen LogP contribution in [0.4, 0.5) is 0 Å². The largest absolute Gasteiger partial charge is 0.507 e. The molecular weight excluding hydrogens is 1040 g/mol. The molecule has 1 aromatic rings. The van der Waals surface area contributed by atoms with Crippen LogP contribution in [0, 0.1) is 0 Å². The lowest BCUT2D eigenvalue weighted by molar-refractivity contribution is -0.154. The van der Waals surface area contributed by atoms with Gasteiger partial charge in [0.05, 0.1) is 32.7 Å². The minimum Gasteiger partial charge on any atom is -0.507 e. The molecule has 4 N–H and O–H groups in total. The number of likely N-dealkylation sites (tertiary alicyclic amines) is 1. The molecular formula is C66H117N3O13. The number of piperidine rings is 3. The molecule has 3 heterocycles. The van der Waals surface area contributed by atoms with E-state index in [9.17, 15) is 39.0 Å². The highest BCUT2D eigenvalue weighted by atomic mass is 16.6. The van der Waals surface area contributed by atoms with Crippen LogP contribution < -0.4 is 10.6 Å². The molecule has 3 aliphatic heterocycles. The van der Waals surface area contributed by atoms with E-state index >= 15 is 0 Å². The summed E-state index contributed by atoms with van der Waals surface area (Å²) < 4.78 is 26.3. The van der Waals surface area contributed by atoms with E-state index in [2.05, 4.69) is 145 Å². The second kappa shape index (κ2) is 33.0. The van der Waals surface area contributed by atoms with E-state index < -0.39 is 11.9 Å². The zero-order valence-electron chi connectivity index (χ0n) is 55.6. The molecule has 0 spiro atoms. The summed E-state index contributed by atoms with van der Waals surface area (Å²) >= 11 is 0. The van der Waals surface area contributed by atoms with Gasteiger partial charge in [-0.1, -0.05) is 79.4 Å². The molecule has 0 aromatic heterocycles. The number of benzene rings is 1. The van der Waals surface area contributed by atoms with Crippen molar-refractivity contribution in [2.24, 2.45) is 0 Å². The number of aryl methyl sites for hydroxylation is 1. The molecule has 0 aliphatic carbocycles. The Morgan fingerprint density at radius 2 is 0.902 bits per heavy atom. The van der Waals surface area contributed by atoms with Gasteiger partial charge in [-0.05, 0) is 163 Å². The summed E-state index contributed by atoms with van der Waals surface area (Å²) in [5, 5.41) is 27.9. The van der Waals surface area contributed by atoms with Gasteiger partial charge in [0.25, 0.3) is 0 Å². The normalized spacial score (nSPS) is 19.3. The van der Waals surface area contributed by atoms with E-state index in [1.807, 2.05) is 19.1 Å². The Balaban J connectivity index is 0.000000615. The number of phenolic OH excluding ortho intramolecular Hbond substituents is 1. The number of unbranched alkanes of at least 4 members (excludes halogenated alkanes) is 5. The zero-order valence-corrected chi connectivity index (χ0v) is 55.6. The first kappa shape index (κ1) is 75.9. The highest BCUT2D eigenvalue weighted by molar-refractivity contribution is 5.77. The van der Waals surface area contributed by atoms with Gasteiger partial charge in [0.15, 0.2) is 0 Å². The highest BCUT2D eigenvalue weighted by Crippen LogP contribution is 2.41. The SMILES string of the molecule is CC(C)=O.CC1(C)CC(OC(=O)CCCCCCCCC(=O)OC2CC(C)(C)NC(C)(C)C2)CC(C)(C)N1.CCOC(=O)CCc1cc(C(C)(C)C)c(O)c(C(C)(C)C)c1.COC(=O)CCC(=O)OCCN1C(C)(C)CC(O)CC1(C)C. The number of nitrogens with zero attached hydrogens (tertiary/aromatic N) is 1. The van der Waals surface area contributed by atoms with Crippen LogP contribution in [-0.4, -0.2) is 129 Å². The first-order valence-electron chi connectivity index (χ1n) is 30.5. The number of aromatic hydroxyl groups is 1. The van der Waals surface area contributed by atoms with E-state index in [-0.39, 0.29) is 106 Å². The maximum absolute atomic E-state index is 12.3. The Morgan fingerprint density at radius 1 is 0.549 bits per heavy atom. The number of ether oxygens (including phenoxy) is 5. The number of aliphatic hydroxyl groups excluding tert-OH is 1. The van der Waals surface area contributed by atoms with Gasteiger partial charge >= 0.3 is 29.8 Å². The van der Waals surface area contributed by atoms with Crippen LogP contribution in [0.15, 0.2) is 12.1 Å². The third-order valence-electron chi connectivity index (χ3n) is 14.9. The van der Waals surface area contributed by atoms with Crippen LogP contribution in [0.5, 0.6) is 5.75 Å². The molecule has 16 heteroatoms. The van der Waals surface area contributed by atoms with Gasteiger partial charge in [0.2, 0.25) is 0 Å². The van der Waals surface area contributed by atoms with Gasteiger partial charge in [-0.2, -0.15) is 0 Å². The van der Waals surface area contributed by atoms with Crippen LogP contribution in [0.2, 0.25) is 0 Å². The smallest absolute Gasteiger partial charge is 0.306 e. The van der Waals surface area contributed by atoms with Crippen molar-refractivity contribution in [3.05, 3.63) is 28.8 Å². The molecule has 16 nitrogen and oxygen atoms in total. The lowest BCUT2D eigenvalue weighted by Crippen LogP contribution is -2.62. The number of methoxy groups -OCH3 is 1.